The summed E-state index contributed by atoms with van der Waals surface area (Å²) in [6.45, 7) is 3.73. The zero-order valence-electron chi connectivity index (χ0n) is 16.0. The number of hydrogen-bond acceptors (Lipinski definition) is 4. The van der Waals surface area contributed by atoms with Gasteiger partial charge in [0.25, 0.3) is 0 Å². The van der Waals surface area contributed by atoms with E-state index in [0.717, 1.165) is 62.3 Å². The molecule has 0 atom stereocenters. The largest absolute Gasteiger partial charge is 0.478 e. The fraction of sp³-hybridized carbons (Fsp3) is 0.455. The summed E-state index contributed by atoms with van der Waals surface area (Å²) in [5.74, 6) is 1.28. The Morgan fingerprint density at radius 3 is 2.96 bits per heavy atom. The van der Waals surface area contributed by atoms with Gasteiger partial charge in [-0.2, -0.15) is 4.98 Å². The Balaban J connectivity index is 1.21. The van der Waals surface area contributed by atoms with Gasteiger partial charge in [0, 0.05) is 30.6 Å². The fourth-order valence-corrected chi connectivity index (χ4v) is 4.21. The van der Waals surface area contributed by atoms with Crippen molar-refractivity contribution in [2.45, 2.75) is 45.1 Å². The van der Waals surface area contributed by atoms with E-state index in [1.807, 2.05) is 24.3 Å². The van der Waals surface area contributed by atoms with Crippen LogP contribution in [0.15, 0.2) is 30.3 Å². The highest BCUT2D eigenvalue weighted by molar-refractivity contribution is 6.31. The first-order valence-electron chi connectivity index (χ1n) is 10.1. The number of benzene rings is 1. The molecule has 0 saturated carbocycles. The van der Waals surface area contributed by atoms with Gasteiger partial charge in [-0.3, -0.25) is 9.69 Å². The highest BCUT2D eigenvalue weighted by Gasteiger charge is 2.18. The monoisotopic (exact) mass is 399 g/mol. The van der Waals surface area contributed by atoms with E-state index in [1.54, 1.807) is 0 Å². The molecule has 0 radical (unpaired) electrons. The Bertz CT molecular complexity index is 856. The minimum Gasteiger partial charge on any atom is -0.478 e. The van der Waals surface area contributed by atoms with E-state index in [2.05, 4.69) is 21.3 Å². The standard InChI is InChI=1S/C22H26ClN3O2/c23-19-7-3-6-17-15-26(13-11-18(17)19)12-1-2-14-28-21-10-9-16-5-4-8-20(27)24-22(16)25-21/h3,6-7,9-10H,1-2,4-5,8,11-15H2,(H,24,25,27). The Labute approximate surface area is 171 Å². The third-order valence-corrected chi connectivity index (χ3v) is 5.82. The highest BCUT2D eigenvalue weighted by Crippen LogP contribution is 2.26. The first-order chi connectivity index (χ1) is 13.7. The third kappa shape index (κ3) is 4.65. The summed E-state index contributed by atoms with van der Waals surface area (Å²) < 4.78 is 5.81. The summed E-state index contributed by atoms with van der Waals surface area (Å²) in [6.07, 6.45) is 5.39. The number of nitrogens with zero attached hydrogens (tertiary/aromatic N) is 2. The summed E-state index contributed by atoms with van der Waals surface area (Å²) in [5.41, 5.74) is 3.75. The number of amides is 1. The molecule has 0 spiro atoms. The fourth-order valence-electron chi connectivity index (χ4n) is 3.92. The number of carbonyl (C=O) groups is 1. The topological polar surface area (TPSA) is 54.5 Å². The van der Waals surface area contributed by atoms with Crippen LogP contribution in [0, 0.1) is 0 Å². The minimum absolute atomic E-state index is 0.0350. The molecular weight excluding hydrogens is 374 g/mol. The van der Waals surface area contributed by atoms with Crippen LogP contribution in [0.4, 0.5) is 5.82 Å². The second kappa shape index (κ2) is 8.93. The number of nitrogens with one attached hydrogen (secondary N) is 1. The van der Waals surface area contributed by atoms with E-state index in [4.69, 9.17) is 16.3 Å². The lowest BCUT2D eigenvalue weighted by Crippen LogP contribution is -2.31. The first kappa shape index (κ1) is 19.2. The molecule has 2 aliphatic heterocycles. The molecule has 28 heavy (non-hydrogen) atoms. The van der Waals surface area contributed by atoms with Crippen LogP contribution >= 0.6 is 11.6 Å². The van der Waals surface area contributed by atoms with Crippen LogP contribution in [0.25, 0.3) is 0 Å². The molecule has 0 saturated heterocycles. The molecule has 0 fully saturated rings. The van der Waals surface area contributed by atoms with Gasteiger partial charge in [-0.25, -0.2) is 0 Å². The van der Waals surface area contributed by atoms with E-state index >= 15 is 0 Å². The van der Waals surface area contributed by atoms with Crippen molar-refractivity contribution in [2.24, 2.45) is 0 Å². The van der Waals surface area contributed by atoms with Gasteiger partial charge in [-0.05, 0) is 67.5 Å². The summed E-state index contributed by atoms with van der Waals surface area (Å²) in [7, 11) is 0. The summed E-state index contributed by atoms with van der Waals surface area (Å²) in [5, 5.41) is 3.77. The summed E-state index contributed by atoms with van der Waals surface area (Å²) >= 11 is 6.29. The van der Waals surface area contributed by atoms with Crippen LogP contribution in [0.3, 0.4) is 0 Å². The molecule has 0 unspecified atom stereocenters. The maximum atomic E-state index is 11.7. The molecule has 6 heteroatoms. The zero-order chi connectivity index (χ0) is 19.3. The number of aryl methyl sites for hydroxylation is 1. The number of fused-ring (bicyclic) bond motifs is 2. The van der Waals surface area contributed by atoms with Crippen molar-refractivity contribution in [3.63, 3.8) is 0 Å². The number of anilines is 1. The van der Waals surface area contributed by atoms with Crippen molar-refractivity contribution in [1.29, 1.82) is 0 Å². The van der Waals surface area contributed by atoms with Crippen molar-refractivity contribution in [1.82, 2.24) is 9.88 Å². The van der Waals surface area contributed by atoms with Crippen LogP contribution in [0.2, 0.25) is 5.02 Å². The molecule has 4 rings (SSSR count). The maximum Gasteiger partial charge on any atom is 0.225 e. The normalized spacial score (nSPS) is 16.7. The van der Waals surface area contributed by atoms with Crippen molar-refractivity contribution >= 4 is 23.3 Å². The van der Waals surface area contributed by atoms with Gasteiger partial charge in [0.05, 0.1) is 6.61 Å². The number of hydrogen-bond donors (Lipinski definition) is 1. The molecule has 0 bridgehead atoms. The molecule has 148 valence electrons. The number of unbranched alkanes of at least 4 members (excludes halogenated alkanes) is 1. The van der Waals surface area contributed by atoms with Gasteiger partial charge >= 0.3 is 0 Å². The lowest BCUT2D eigenvalue weighted by atomic mass is 9.99. The number of aromatic nitrogens is 1. The number of halogens is 1. The van der Waals surface area contributed by atoms with Gasteiger partial charge in [-0.1, -0.05) is 23.7 Å². The smallest absolute Gasteiger partial charge is 0.225 e. The van der Waals surface area contributed by atoms with E-state index in [9.17, 15) is 4.79 Å². The lowest BCUT2D eigenvalue weighted by Gasteiger charge is -2.29. The molecular formula is C22H26ClN3O2. The number of pyridine rings is 1. The molecule has 1 aromatic heterocycles. The average Bonchev–Trinajstić information content (AvgIpc) is 2.88. The van der Waals surface area contributed by atoms with E-state index in [0.29, 0.717) is 24.7 Å². The summed E-state index contributed by atoms with van der Waals surface area (Å²) in [6, 6.07) is 10.1. The average molecular weight is 400 g/mol. The van der Waals surface area contributed by atoms with E-state index in [1.165, 1.54) is 11.1 Å². The van der Waals surface area contributed by atoms with Gasteiger partial charge in [0.1, 0.15) is 5.82 Å². The molecule has 2 aromatic rings. The number of rotatable bonds is 6. The Morgan fingerprint density at radius 1 is 1.11 bits per heavy atom. The van der Waals surface area contributed by atoms with Gasteiger partial charge < -0.3 is 10.1 Å². The van der Waals surface area contributed by atoms with Crippen LogP contribution in [-0.2, 0) is 24.2 Å². The minimum atomic E-state index is 0.0350. The van der Waals surface area contributed by atoms with Crippen molar-refractivity contribution < 1.29 is 9.53 Å². The van der Waals surface area contributed by atoms with Crippen molar-refractivity contribution in [3.05, 3.63) is 52.0 Å². The molecule has 1 amide bonds. The van der Waals surface area contributed by atoms with Crippen LogP contribution in [0.1, 0.15) is 42.4 Å². The van der Waals surface area contributed by atoms with E-state index < -0.39 is 0 Å². The maximum absolute atomic E-state index is 11.7. The van der Waals surface area contributed by atoms with Gasteiger partial charge in [-0.15, -0.1) is 0 Å². The second-order valence-electron chi connectivity index (χ2n) is 7.52. The Hall–Kier alpha value is -2.11. The van der Waals surface area contributed by atoms with Crippen molar-refractivity contribution in [3.8, 4) is 5.88 Å². The van der Waals surface area contributed by atoms with Gasteiger partial charge in [0.2, 0.25) is 11.8 Å². The predicted octanol–water partition coefficient (Wildman–Crippen LogP) is 4.23. The second-order valence-corrected chi connectivity index (χ2v) is 7.93. The molecule has 1 aromatic carbocycles. The van der Waals surface area contributed by atoms with Gasteiger partial charge in [0.15, 0.2) is 0 Å². The summed E-state index contributed by atoms with van der Waals surface area (Å²) in [4.78, 5) is 18.6. The van der Waals surface area contributed by atoms with Crippen LogP contribution in [0.5, 0.6) is 5.88 Å². The molecule has 2 aliphatic rings. The third-order valence-electron chi connectivity index (χ3n) is 5.47. The quantitative estimate of drug-likeness (QED) is 0.738. The Kier molecular flexibility index (Phi) is 6.13. The SMILES string of the molecule is O=C1CCCc2ccc(OCCCCN3CCc4c(Cl)cccc4C3)nc2N1. The zero-order valence-corrected chi connectivity index (χ0v) is 16.8. The van der Waals surface area contributed by atoms with Crippen LogP contribution in [-0.4, -0.2) is 35.5 Å². The molecule has 3 heterocycles. The Morgan fingerprint density at radius 2 is 2.04 bits per heavy atom. The van der Waals surface area contributed by atoms with E-state index in [-0.39, 0.29) is 5.91 Å². The van der Waals surface area contributed by atoms with Crippen LogP contribution < -0.4 is 10.1 Å². The predicted molar refractivity (Wildman–Crippen MR) is 111 cm³/mol. The molecule has 0 aliphatic carbocycles. The number of carbonyl (C=O) groups excluding carboxylic acids is 1. The first-order valence-corrected chi connectivity index (χ1v) is 10.5. The number of ether oxygens (including phenoxy) is 1. The highest BCUT2D eigenvalue weighted by atomic mass is 35.5. The lowest BCUT2D eigenvalue weighted by molar-refractivity contribution is -0.116. The van der Waals surface area contributed by atoms with Crippen molar-refractivity contribution in [2.75, 3.05) is 25.0 Å². The molecule has 5 nitrogen and oxygen atoms in total. The molecule has 1 N–H and O–H groups in total.